The van der Waals surface area contributed by atoms with Crippen molar-refractivity contribution < 1.29 is 0 Å². The topological polar surface area (TPSA) is 17.8 Å². The lowest BCUT2D eigenvalue weighted by atomic mass is 10.1. The van der Waals surface area contributed by atoms with Gasteiger partial charge in [0, 0.05) is 11.9 Å². The Balaban J connectivity index is 2.18. The number of aryl methyl sites for hydroxylation is 2. The number of hydrogen-bond acceptors (Lipinski definition) is 1. The zero-order valence-corrected chi connectivity index (χ0v) is 10.0. The van der Waals surface area contributed by atoms with E-state index >= 15 is 0 Å². The first-order chi connectivity index (χ1) is 8.22. The van der Waals surface area contributed by atoms with E-state index in [1.165, 1.54) is 16.3 Å². The first-order valence-corrected chi connectivity index (χ1v) is 5.74. The van der Waals surface area contributed by atoms with E-state index in [1.807, 2.05) is 19.4 Å². The van der Waals surface area contributed by atoms with Crippen molar-refractivity contribution in [1.29, 1.82) is 0 Å². The Hall–Kier alpha value is -2.09. The average molecular weight is 222 g/mol. The molecule has 0 radical (unpaired) electrons. The van der Waals surface area contributed by atoms with Crippen LogP contribution in [0.1, 0.15) is 11.3 Å². The molecular formula is C15H14N2. The van der Waals surface area contributed by atoms with Gasteiger partial charge in [0.15, 0.2) is 0 Å². The van der Waals surface area contributed by atoms with Crippen molar-refractivity contribution in [3.8, 4) is 5.69 Å². The van der Waals surface area contributed by atoms with Crippen LogP contribution in [0, 0.1) is 13.8 Å². The van der Waals surface area contributed by atoms with Crippen molar-refractivity contribution in [2.24, 2.45) is 0 Å². The smallest absolute Gasteiger partial charge is 0.0995 e. The first-order valence-electron chi connectivity index (χ1n) is 5.74. The maximum Gasteiger partial charge on any atom is 0.0995 e. The Kier molecular flexibility index (Phi) is 2.22. The third kappa shape index (κ3) is 1.82. The van der Waals surface area contributed by atoms with Crippen molar-refractivity contribution in [1.82, 2.24) is 9.55 Å². The Morgan fingerprint density at radius 1 is 0.941 bits per heavy atom. The summed E-state index contributed by atoms with van der Waals surface area (Å²) < 4.78 is 2.05. The lowest BCUT2D eigenvalue weighted by Gasteiger charge is -2.05. The Morgan fingerprint density at radius 3 is 2.53 bits per heavy atom. The molecule has 0 N–H and O–H groups in total. The summed E-state index contributed by atoms with van der Waals surface area (Å²) in [7, 11) is 0. The van der Waals surface area contributed by atoms with E-state index in [1.54, 1.807) is 0 Å². The zero-order chi connectivity index (χ0) is 11.8. The summed E-state index contributed by atoms with van der Waals surface area (Å²) in [6, 6.07) is 13.0. The highest BCUT2D eigenvalue weighted by Gasteiger charge is 2.00. The number of benzene rings is 2. The summed E-state index contributed by atoms with van der Waals surface area (Å²) in [6.07, 6.45) is 3.89. The molecule has 3 rings (SSSR count). The second kappa shape index (κ2) is 3.74. The van der Waals surface area contributed by atoms with Crippen LogP contribution in [0.2, 0.25) is 0 Å². The fraction of sp³-hybridized carbons (Fsp3) is 0.133. The van der Waals surface area contributed by atoms with Crippen LogP contribution in [0.4, 0.5) is 0 Å². The molecule has 2 aromatic carbocycles. The molecule has 0 aliphatic heterocycles. The molecule has 0 unspecified atom stereocenters. The van der Waals surface area contributed by atoms with E-state index < -0.39 is 0 Å². The van der Waals surface area contributed by atoms with Gasteiger partial charge in [0.1, 0.15) is 0 Å². The van der Waals surface area contributed by atoms with Crippen LogP contribution in [-0.2, 0) is 0 Å². The molecule has 0 saturated heterocycles. The molecule has 2 nitrogen and oxygen atoms in total. The minimum absolute atomic E-state index is 1.04. The summed E-state index contributed by atoms with van der Waals surface area (Å²) in [5, 5.41) is 2.55. The SMILES string of the molecule is Cc1ccc2ccc(-n3cnc(C)c3)cc2c1. The summed E-state index contributed by atoms with van der Waals surface area (Å²) in [5.74, 6) is 0. The molecule has 17 heavy (non-hydrogen) atoms. The molecule has 0 fully saturated rings. The van der Waals surface area contributed by atoms with Crippen LogP contribution in [-0.4, -0.2) is 9.55 Å². The van der Waals surface area contributed by atoms with Gasteiger partial charge in [-0.05, 0) is 36.8 Å². The maximum atomic E-state index is 4.25. The molecule has 84 valence electrons. The normalized spacial score (nSPS) is 10.9. The number of hydrogen-bond donors (Lipinski definition) is 0. The van der Waals surface area contributed by atoms with E-state index in [0.29, 0.717) is 0 Å². The van der Waals surface area contributed by atoms with Crippen molar-refractivity contribution in [3.63, 3.8) is 0 Å². The molecule has 0 aliphatic rings. The Bertz CT molecular complexity index is 680. The standard InChI is InChI=1S/C15H14N2/c1-11-3-4-13-5-6-15(8-14(13)7-11)17-9-12(2)16-10-17/h3-10H,1-2H3. The molecule has 0 spiro atoms. The van der Waals surface area contributed by atoms with Crippen LogP contribution in [0.5, 0.6) is 0 Å². The summed E-state index contributed by atoms with van der Waals surface area (Å²) in [6.45, 7) is 4.12. The summed E-state index contributed by atoms with van der Waals surface area (Å²) >= 11 is 0. The number of imidazole rings is 1. The van der Waals surface area contributed by atoms with Gasteiger partial charge >= 0.3 is 0 Å². The van der Waals surface area contributed by atoms with Gasteiger partial charge in [-0.15, -0.1) is 0 Å². The zero-order valence-electron chi connectivity index (χ0n) is 10.0. The van der Waals surface area contributed by atoms with E-state index in [-0.39, 0.29) is 0 Å². The first kappa shape index (κ1) is 10.1. The second-order valence-corrected chi connectivity index (χ2v) is 4.46. The Labute approximate surface area is 101 Å². The van der Waals surface area contributed by atoms with Gasteiger partial charge in [-0.2, -0.15) is 0 Å². The fourth-order valence-electron chi connectivity index (χ4n) is 2.08. The van der Waals surface area contributed by atoms with Gasteiger partial charge in [-0.1, -0.05) is 29.8 Å². The highest BCUT2D eigenvalue weighted by Crippen LogP contribution is 2.20. The number of rotatable bonds is 1. The molecule has 0 bridgehead atoms. The predicted molar refractivity (Wildman–Crippen MR) is 70.5 cm³/mol. The van der Waals surface area contributed by atoms with Crippen LogP contribution < -0.4 is 0 Å². The predicted octanol–water partition coefficient (Wildman–Crippen LogP) is 3.64. The lowest BCUT2D eigenvalue weighted by molar-refractivity contribution is 1.06. The van der Waals surface area contributed by atoms with Crippen LogP contribution in [0.3, 0.4) is 0 Å². The molecule has 2 heteroatoms. The van der Waals surface area contributed by atoms with Gasteiger partial charge < -0.3 is 4.57 Å². The average Bonchev–Trinajstić information content (AvgIpc) is 2.75. The highest BCUT2D eigenvalue weighted by molar-refractivity contribution is 5.85. The van der Waals surface area contributed by atoms with E-state index in [0.717, 1.165) is 11.4 Å². The fourth-order valence-corrected chi connectivity index (χ4v) is 2.08. The molecular weight excluding hydrogens is 208 g/mol. The van der Waals surface area contributed by atoms with Gasteiger partial charge in [0.05, 0.1) is 12.0 Å². The summed E-state index contributed by atoms with van der Waals surface area (Å²) in [4.78, 5) is 4.25. The van der Waals surface area contributed by atoms with Gasteiger partial charge in [0.2, 0.25) is 0 Å². The van der Waals surface area contributed by atoms with E-state index in [2.05, 4.69) is 52.9 Å². The number of nitrogens with zero attached hydrogens (tertiary/aromatic N) is 2. The molecule has 0 aliphatic carbocycles. The second-order valence-electron chi connectivity index (χ2n) is 4.46. The number of fused-ring (bicyclic) bond motifs is 1. The van der Waals surface area contributed by atoms with Crippen LogP contribution in [0.25, 0.3) is 16.5 Å². The largest absolute Gasteiger partial charge is 0.306 e. The van der Waals surface area contributed by atoms with Gasteiger partial charge in [-0.25, -0.2) is 4.98 Å². The minimum atomic E-state index is 1.04. The third-order valence-electron chi connectivity index (χ3n) is 2.99. The lowest BCUT2D eigenvalue weighted by Crippen LogP contribution is -1.89. The van der Waals surface area contributed by atoms with Crippen LogP contribution in [0.15, 0.2) is 48.9 Å². The van der Waals surface area contributed by atoms with Crippen molar-refractivity contribution in [3.05, 3.63) is 60.2 Å². The molecule has 3 aromatic rings. The third-order valence-corrected chi connectivity index (χ3v) is 2.99. The molecule has 1 aromatic heterocycles. The minimum Gasteiger partial charge on any atom is -0.306 e. The summed E-state index contributed by atoms with van der Waals surface area (Å²) in [5.41, 5.74) is 3.48. The van der Waals surface area contributed by atoms with E-state index in [9.17, 15) is 0 Å². The highest BCUT2D eigenvalue weighted by atomic mass is 15.0. The monoisotopic (exact) mass is 222 g/mol. The molecule has 1 heterocycles. The molecule has 0 atom stereocenters. The van der Waals surface area contributed by atoms with Gasteiger partial charge in [0.25, 0.3) is 0 Å². The van der Waals surface area contributed by atoms with Crippen molar-refractivity contribution in [2.45, 2.75) is 13.8 Å². The van der Waals surface area contributed by atoms with E-state index in [4.69, 9.17) is 0 Å². The quantitative estimate of drug-likeness (QED) is 0.614. The Morgan fingerprint density at radius 2 is 1.76 bits per heavy atom. The van der Waals surface area contributed by atoms with Crippen LogP contribution >= 0.6 is 0 Å². The number of aromatic nitrogens is 2. The molecule has 0 saturated carbocycles. The van der Waals surface area contributed by atoms with Gasteiger partial charge in [-0.3, -0.25) is 0 Å². The maximum absolute atomic E-state index is 4.25. The molecule has 0 amide bonds. The van der Waals surface area contributed by atoms with Crippen molar-refractivity contribution >= 4 is 10.8 Å². The van der Waals surface area contributed by atoms with Crippen molar-refractivity contribution in [2.75, 3.05) is 0 Å².